The van der Waals surface area contributed by atoms with E-state index in [-0.39, 0.29) is 6.61 Å². The molecule has 0 aliphatic heterocycles. The van der Waals surface area contributed by atoms with Crippen molar-refractivity contribution in [1.29, 1.82) is 0 Å². The van der Waals surface area contributed by atoms with E-state index in [4.69, 9.17) is 33.0 Å². The van der Waals surface area contributed by atoms with Gasteiger partial charge in [0.1, 0.15) is 0 Å². The Morgan fingerprint density at radius 3 is 1.61 bits per heavy atom. The van der Waals surface area contributed by atoms with Gasteiger partial charge in [0, 0.05) is 0 Å². The van der Waals surface area contributed by atoms with Crippen LogP contribution in [0.2, 0.25) is 0 Å². The average Bonchev–Trinajstić information content (AvgIpc) is 2.43. The van der Waals surface area contributed by atoms with Crippen molar-refractivity contribution in [2.75, 3.05) is 6.61 Å². The lowest BCUT2D eigenvalue weighted by molar-refractivity contribution is 0.248. The van der Waals surface area contributed by atoms with Crippen molar-refractivity contribution >= 4 is 38.4 Å². The minimum Gasteiger partial charge on any atom is -0.322 e. The van der Waals surface area contributed by atoms with Crippen LogP contribution in [0, 0.1) is 0 Å². The minimum absolute atomic E-state index is 0.120. The second-order valence-electron chi connectivity index (χ2n) is 5.59. The second kappa shape index (κ2) is 11.5. The van der Waals surface area contributed by atoms with E-state index >= 15 is 0 Å². The Bertz CT molecular complexity index is 413. The number of hydrogen-bond acceptors (Lipinski definition) is 3. The summed E-state index contributed by atoms with van der Waals surface area (Å²) in [6.07, 6.45) is 10.9. The normalized spacial score (nSPS) is 15.6. The molecule has 0 fully saturated rings. The number of alkyl halides is 2. The molecule has 0 spiro atoms. The van der Waals surface area contributed by atoms with Gasteiger partial charge in [0.25, 0.3) is 0 Å². The van der Waals surface area contributed by atoms with Crippen molar-refractivity contribution in [2.45, 2.75) is 74.9 Å². The van der Waals surface area contributed by atoms with E-state index in [0.29, 0.717) is 6.42 Å². The number of halogens is 2. The van der Waals surface area contributed by atoms with Gasteiger partial charge in [-0.25, -0.2) is 0 Å². The molecule has 0 aromatic rings. The van der Waals surface area contributed by atoms with Gasteiger partial charge < -0.3 is 19.2 Å². The summed E-state index contributed by atoms with van der Waals surface area (Å²) in [6.45, 7) is 2.07. The van der Waals surface area contributed by atoms with Gasteiger partial charge in [-0.2, -0.15) is 0 Å². The molecule has 0 aliphatic rings. The predicted octanol–water partition coefficient (Wildman–Crippen LogP) is 5.38. The molecule has 0 radical (unpaired) electrons. The third kappa shape index (κ3) is 9.23. The first-order valence-electron chi connectivity index (χ1n) is 7.97. The van der Waals surface area contributed by atoms with Crippen LogP contribution in [0.1, 0.15) is 71.1 Å². The predicted molar refractivity (Wildman–Crippen MR) is 94.1 cm³/mol. The van der Waals surface area contributed by atoms with Gasteiger partial charge in [-0.15, -0.1) is 0 Å². The van der Waals surface area contributed by atoms with Crippen molar-refractivity contribution in [3.05, 3.63) is 0 Å². The zero-order valence-corrected chi connectivity index (χ0v) is 16.8. The molecule has 0 aliphatic carbocycles. The Morgan fingerprint density at radius 1 is 0.826 bits per heavy atom. The molecule has 140 valence electrons. The molecule has 0 bridgehead atoms. The zero-order valence-electron chi connectivity index (χ0n) is 13.5. The highest BCUT2D eigenvalue weighted by Gasteiger charge is 2.59. The van der Waals surface area contributed by atoms with E-state index in [1.165, 1.54) is 38.5 Å². The summed E-state index contributed by atoms with van der Waals surface area (Å²) in [5.74, 6) is 0. The fourth-order valence-electron chi connectivity index (χ4n) is 2.02. The fourth-order valence-corrected chi connectivity index (χ4v) is 4.33. The van der Waals surface area contributed by atoms with Gasteiger partial charge in [0.15, 0.2) is 0 Å². The highest BCUT2D eigenvalue weighted by atomic mass is 35.5. The summed E-state index contributed by atoms with van der Waals surface area (Å²) in [5, 5.41) is 0. The van der Waals surface area contributed by atoms with Crippen LogP contribution in [0.15, 0.2) is 0 Å². The lowest BCUT2D eigenvalue weighted by Gasteiger charge is -2.25. The first-order valence-corrected chi connectivity index (χ1v) is 11.9. The van der Waals surface area contributed by atoms with E-state index in [1.54, 1.807) is 0 Å². The lowest BCUT2D eigenvalue weighted by atomic mass is 10.1. The molecule has 0 aromatic heterocycles. The van der Waals surface area contributed by atoms with Crippen molar-refractivity contribution in [1.82, 2.24) is 0 Å². The van der Waals surface area contributed by atoms with Crippen LogP contribution >= 0.6 is 38.4 Å². The Hall–Kier alpha value is 0.880. The molecule has 3 N–H and O–H groups in total. The monoisotopic (exact) mass is 412 g/mol. The summed E-state index contributed by atoms with van der Waals surface area (Å²) in [7, 11) is -10.0. The van der Waals surface area contributed by atoms with E-state index in [1.807, 2.05) is 0 Å². The third-order valence-electron chi connectivity index (χ3n) is 3.45. The molecule has 0 saturated heterocycles. The van der Waals surface area contributed by atoms with Gasteiger partial charge in [-0.3, -0.25) is 9.13 Å². The molecule has 0 amide bonds. The van der Waals surface area contributed by atoms with E-state index < -0.39 is 19.0 Å². The average molecular weight is 413 g/mol. The van der Waals surface area contributed by atoms with E-state index in [2.05, 4.69) is 11.4 Å². The van der Waals surface area contributed by atoms with Crippen molar-refractivity contribution in [2.24, 2.45) is 0 Å². The minimum atomic E-state index is -5.18. The SMILES string of the molecule is CCCCCCCCCCCCOP(=O)(O)C(Cl)(Cl)P(=O)(O)O. The molecular weight excluding hydrogens is 385 g/mol. The third-order valence-corrected chi connectivity index (χ3v) is 9.51. The van der Waals surface area contributed by atoms with Gasteiger partial charge >= 0.3 is 19.0 Å². The molecule has 0 aromatic carbocycles. The quantitative estimate of drug-likeness (QED) is 0.201. The molecule has 1 unspecified atom stereocenters. The van der Waals surface area contributed by atoms with Gasteiger partial charge in [-0.1, -0.05) is 87.9 Å². The van der Waals surface area contributed by atoms with Crippen LogP contribution < -0.4 is 0 Å². The highest BCUT2D eigenvalue weighted by Crippen LogP contribution is 2.75. The number of unbranched alkanes of at least 4 members (excludes halogenated alkanes) is 9. The zero-order chi connectivity index (χ0) is 18.0. The first kappa shape index (κ1) is 23.9. The largest absolute Gasteiger partial charge is 0.376 e. The van der Waals surface area contributed by atoms with Gasteiger partial charge in [-0.05, 0) is 6.42 Å². The molecule has 0 saturated carbocycles. The van der Waals surface area contributed by atoms with E-state index in [9.17, 15) is 14.0 Å². The smallest absolute Gasteiger partial charge is 0.322 e. The number of rotatable bonds is 14. The summed E-state index contributed by atoms with van der Waals surface area (Å²) >= 11 is 10.6. The van der Waals surface area contributed by atoms with Crippen LogP contribution in [-0.2, 0) is 13.7 Å². The topological polar surface area (TPSA) is 104 Å². The highest BCUT2D eigenvalue weighted by molar-refractivity contribution is 7.78. The molecule has 0 rings (SSSR count). The Kier molecular flexibility index (Phi) is 11.9. The van der Waals surface area contributed by atoms with Crippen LogP contribution in [0.4, 0.5) is 0 Å². The summed E-state index contributed by atoms with van der Waals surface area (Å²) in [5.41, 5.74) is 0. The van der Waals surface area contributed by atoms with Crippen molar-refractivity contribution < 1.29 is 28.3 Å². The lowest BCUT2D eigenvalue weighted by Crippen LogP contribution is -2.16. The van der Waals surface area contributed by atoms with Crippen LogP contribution in [0.5, 0.6) is 0 Å². The van der Waals surface area contributed by atoms with Crippen molar-refractivity contribution in [3.63, 3.8) is 0 Å². The van der Waals surface area contributed by atoms with Gasteiger partial charge in [0.2, 0.25) is 0 Å². The summed E-state index contributed by atoms with van der Waals surface area (Å²) < 4.78 is 24.3. The molecule has 0 heterocycles. The Morgan fingerprint density at radius 2 is 1.22 bits per heavy atom. The Balaban J connectivity index is 3.76. The van der Waals surface area contributed by atoms with Gasteiger partial charge in [0.05, 0.1) is 6.61 Å². The maximum absolute atomic E-state index is 11.7. The molecular formula is C13H28Cl2O6P2. The molecule has 1 atom stereocenters. The fraction of sp³-hybridized carbons (Fsp3) is 1.00. The summed E-state index contributed by atoms with van der Waals surface area (Å²) in [4.78, 5) is 27.3. The maximum Gasteiger partial charge on any atom is 0.376 e. The second-order valence-corrected chi connectivity index (χ2v) is 12.1. The number of hydrogen-bond donors (Lipinski definition) is 3. The summed E-state index contributed by atoms with van der Waals surface area (Å²) in [6, 6.07) is 0. The molecule has 10 heteroatoms. The van der Waals surface area contributed by atoms with Crippen molar-refractivity contribution in [3.8, 4) is 0 Å². The molecule has 6 nitrogen and oxygen atoms in total. The Labute approximate surface area is 148 Å². The molecule has 23 heavy (non-hydrogen) atoms. The van der Waals surface area contributed by atoms with Crippen LogP contribution in [0.3, 0.4) is 0 Å². The standard InChI is InChI=1S/C13H28Cl2O6P2/c1-2-3-4-5-6-7-8-9-10-11-12-21-23(19,20)13(14,15)22(16,17)18/h2-12H2,1H3,(H,19,20)(H2,16,17,18). The van der Waals surface area contributed by atoms with Crippen LogP contribution in [-0.4, -0.2) is 25.1 Å². The maximum atomic E-state index is 11.7. The van der Waals surface area contributed by atoms with Crippen LogP contribution in [0.25, 0.3) is 0 Å². The first-order chi connectivity index (χ1) is 10.6. The van der Waals surface area contributed by atoms with E-state index in [0.717, 1.165) is 19.3 Å².